The van der Waals surface area contributed by atoms with E-state index in [0.717, 1.165) is 47.3 Å². The second kappa shape index (κ2) is 13.9. The van der Waals surface area contributed by atoms with Gasteiger partial charge in [0, 0.05) is 5.56 Å². The number of carboxylic acid groups (broad SMARTS) is 1. The molecule has 0 spiro atoms. The highest BCUT2D eigenvalue weighted by Gasteiger charge is 2.23. The summed E-state index contributed by atoms with van der Waals surface area (Å²) in [5, 5.41) is 12.3. The van der Waals surface area contributed by atoms with E-state index in [0.29, 0.717) is 24.3 Å². The van der Waals surface area contributed by atoms with Gasteiger partial charge in [-0.3, -0.25) is 4.79 Å². The number of aryl methyl sites for hydroxylation is 1. The van der Waals surface area contributed by atoms with Crippen LogP contribution in [-0.2, 0) is 16.1 Å². The Morgan fingerprint density at radius 1 is 1.08 bits per heavy atom. The van der Waals surface area contributed by atoms with Gasteiger partial charge >= 0.3 is 5.97 Å². The van der Waals surface area contributed by atoms with Crippen molar-refractivity contribution in [2.45, 2.75) is 58.3 Å². The van der Waals surface area contributed by atoms with Crippen LogP contribution in [0, 0.1) is 6.92 Å². The SMILES string of the molecule is CCCCC(OCc1ccc(C(=O)NC(CCSC)C(=O)O)c(-c2ccccc2C)c1)c1ccco1. The normalized spacial score (nSPS) is 12.8. The molecule has 1 heterocycles. The Labute approximate surface area is 217 Å². The summed E-state index contributed by atoms with van der Waals surface area (Å²) in [6.45, 7) is 4.51. The number of ether oxygens (including phenoxy) is 1. The number of nitrogens with one attached hydrogen (secondary N) is 1. The molecule has 192 valence electrons. The molecule has 7 heteroatoms. The molecule has 36 heavy (non-hydrogen) atoms. The topological polar surface area (TPSA) is 88.8 Å². The van der Waals surface area contributed by atoms with Crippen LogP contribution < -0.4 is 5.32 Å². The first-order valence-electron chi connectivity index (χ1n) is 12.3. The quantitative estimate of drug-likeness (QED) is 0.253. The van der Waals surface area contributed by atoms with Crippen LogP contribution >= 0.6 is 11.8 Å². The number of furan rings is 1. The minimum absolute atomic E-state index is 0.141. The Morgan fingerprint density at radius 3 is 2.56 bits per heavy atom. The molecule has 0 aliphatic carbocycles. The van der Waals surface area contributed by atoms with E-state index in [-0.39, 0.29) is 6.10 Å². The van der Waals surface area contributed by atoms with Gasteiger partial charge in [-0.15, -0.1) is 0 Å². The summed E-state index contributed by atoms with van der Waals surface area (Å²) in [4.78, 5) is 25.0. The van der Waals surface area contributed by atoms with Gasteiger partial charge in [0.05, 0.1) is 12.9 Å². The zero-order chi connectivity index (χ0) is 25.9. The summed E-state index contributed by atoms with van der Waals surface area (Å²) in [7, 11) is 0. The van der Waals surface area contributed by atoms with E-state index in [1.54, 1.807) is 24.1 Å². The maximum atomic E-state index is 13.3. The third-order valence-corrected chi connectivity index (χ3v) is 6.75. The predicted octanol–water partition coefficient (Wildman–Crippen LogP) is 6.64. The van der Waals surface area contributed by atoms with Crippen LogP contribution in [0.3, 0.4) is 0 Å². The minimum Gasteiger partial charge on any atom is -0.480 e. The molecule has 3 aromatic rings. The number of unbranched alkanes of at least 4 members (excludes halogenated alkanes) is 1. The highest BCUT2D eigenvalue weighted by molar-refractivity contribution is 7.98. The van der Waals surface area contributed by atoms with Crippen LogP contribution in [0.25, 0.3) is 11.1 Å². The van der Waals surface area contributed by atoms with Gasteiger partial charge in [0.15, 0.2) is 0 Å². The monoisotopic (exact) mass is 509 g/mol. The summed E-state index contributed by atoms with van der Waals surface area (Å²) in [5.41, 5.74) is 4.07. The van der Waals surface area contributed by atoms with Gasteiger partial charge in [-0.25, -0.2) is 4.79 Å². The smallest absolute Gasteiger partial charge is 0.326 e. The number of carbonyl (C=O) groups is 2. The molecule has 1 aromatic heterocycles. The van der Waals surface area contributed by atoms with E-state index in [1.807, 2.05) is 61.7 Å². The summed E-state index contributed by atoms with van der Waals surface area (Å²) >= 11 is 1.55. The second-order valence-electron chi connectivity index (χ2n) is 8.80. The van der Waals surface area contributed by atoms with E-state index in [4.69, 9.17) is 9.15 Å². The van der Waals surface area contributed by atoms with Gasteiger partial charge in [-0.05, 0) is 78.3 Å². The van der Waals surface area contributed by atoms with Crippen molar-refractivity contribution in [1.82, 2.24) is 5.32 Å². The molecule has 0 aliphatic heterocycles. The summed E-state index contributed by atoms with van der Waals surface area (Å²) in [6.07, 6.45) is 6.75. The van der Waals surface area contributed by atoms with E-state index >= 15 is 0 Å². The molecule has 2 aromatic carbocycles. The first-order valence-corrected chi connectivity index (χ1v) is 13.7. The molecule has 0 radical (unpaired) electrons. The van der Waals surface area contributed by atoms with Crippen molar-refractivity contribution in [2.75, 3.05) is 12.0 Å². The lowest BCUT2D eigenvalue weighted by atomic mass is 9.93. The zero-order valence-corrected chi connectivity index (χ0v) is 22.0. The molecule has 6 nitrogen and oxygen atoms in total. The average Bonchev–Trinajstić information content (AvgIpc) is 3.41. The fraction of sp³-hybridized carbons (Fsp3) is 0.379. The van der Waals surface area contributed by atoms with Gasteiger partial charge in [0.25, 0.3) is 5.91 Å². The number of aliphatic carboxylic acids is 1. The second-order valence-corrected chi connectivity index (χ2v) is 9.78. The molecule has 2 atom stereocenters. The molecule has 0 bridgehead atoms. The van der Waals surface area contributed by atoms with Gasteiger partial charge in [-0.1, -0.05) is 50.1 Å². The minimum atomic E-state index is -1.03. The van der Waals surface area contributed by atoms with E-state index in [2.05, 4.69) is 12.2 Å². The summed E-state index contributed by atoms with van der Waals surface area (Å²) in [5.74, 6) is 0.0256. The lowest BCUT2D eigenvalue weighted by Crippen LogP contribution is -2.41. The zero-order valence-electron chi connectivity index (χ0n) is 21.2. The van der Waals surface area contributed by atoms with E-state index < -0.39 is 17.9 Å². The molecule has 0 saturated heterocycles. The first kappa shape index (κ1) is 27.6. The van der Waals surface area contributed by atoms with Crippen molar-refractivity contribution in [3.8, 4) is 11.1 Å². The molecule has 0 saturated carbocycles. The van der Waals surface area contributed by atoms with Crippen LogP contribution in [0.15, 0.2) is 65.3 Å². The highest BCUT2D eigenvalue weighted by atomic mass is 32.2. The molecular formula is C29H35NO5S. The third kappa shape index (κ3) is 7.48. The maximum Gasteiger partial charge on any atom is 0.326 e. The van der Waals surface area contributed by atoms with Gasteiger partial charge in [0.2, 0.25) is 0 Å². The van der Waals surface area contributed by atoms with Crippen LogP contribution in [0.2, 0.25) is 0 Å². The van der Waals surface area contributed by atoms with Crippen LogP contribution in [0.4, 0.5) is 0 Å². The number of benzene rings is 2. The Hall–Kier alpha value is -3.03. The van der Waals surface area contributed by atoms with Gasteiger partial charge < -0.3 is 19.6 Å². The van der Waals surface area contributed by atoms with Crippen LogP contribution in [0.5, 0.6) is 0 Å². The van der Waals surface area contributed by atoms with E-state index in [1.165, 1.54) is 0 Å². The number of carbonyl (C=O) groups excluding carboxylic acids is 1. The molecular weight excluding hydrogens is 474 g/mol. The third-order valence-electron chi connectivity index (χ3n) is 6.11. The highest BCUT2D eigenvalue weighted by Crippen LogP contribution is 2.30. The Balaban J connectivity index is 1.88. The molecule has 3 rings (SSSR count). The van der Waals surface area contributed by atoms with Crippen molar-refractivity contribution < 1.29 is 23.8 Å². The van der Waals surface area contributed by atoms with Crippen molar-refractivity contribution >= 4 is 23.6 Å². The largest absolute Gasteiger partial charge is 0.480 e. The van der Waals surface area contributed by atoms with Gasteiger partial charge in [0.1, 0.15) is 17.9 Å². The average molecular weight is 510 g/mol. The Kier molecular flexibility index (Phi) is 10.6. The number of amides is 1. The maximum absolute atomic E-state index is 13.3. The molecule has 0 aliphatic rings. The van der Waals surface area contributed by atoms with Crippen LogP contribution in [0.1, 0.15) is 66.0 Å². The number of carboxylic acids is 1. The molecule has 2 N–H and O–H groups in total. The van der Waals surface area contributed by atoms with Crippen LogP contribution in [-0.4, -0.2) is 35.0 Å². The number of rotatable bonds is 14. The lowest BCUT2D eigenvalue weighted by Gasteiger charge is -2.19. The Morgan fingerprint density at radius 2 is 1.89 bits per heavy atom. The number of thioether (sulfide) groups is 1. The van der Waals surface area contributed by atoms with Crippen molar-refractivity contribution in [1.29, 1.82) is 0 Å². The van der Waals surface area contributed by atoms with E-state index in [9.17, 15) is 14.7 Å². The number of hydrogen-bond acceptors (Lipinski definition) is 5. The summed E-state index contributed by atoms with van der Waals surface area (Å²) < 4.78 is 11.9. The lowest BCUT2D eigenvalue weighted by molar-refractivity contribution is -0.139. The van der Waals surface area contributed by atoms with Crippen molar-refractivity contribution in [3.63, 3.8) is 0 Å². The molecule has 1 amide bonds. The molecule has 2 unspecified atom stereocenters. The fourth-order valence-corrected chi connectivity index (χ4v) is 4.55. The predicted molar refractivity (Wildman–Crippen MR) is 144 cm³/mol. The summed E-state index contributed by atoms with van der Waals surface area (Å²) in [6, 6.07) is 16.3. The van der Waals surface area contributed by atoms with Gasteiger partial charge in [-0.2, -0.15) is 11.8 Å². The molecule has 0 fully saturated rings. The first-order chi connectivity index (χ1) is 17.4. The van der Waals surface area contributed by atoms with Crippen molar-refractivity contribution in [3.05, 3.63) is 83.3 Å². The standard InChI is InChI=1S/C29H35NO5S/c1-4-5-11-27(26-12-8-16-34-26)35-19-21-13-14-23(24(18-21)22-10-7-6-9-20(22)2)28(31)30-25(29(32)33)15-17-36-3/h6-10,12-14,16,18,25,27H,4-5,11,15,17,19H2,1-3H3,(H,30,31)(H,32,33). The van der Waals surface area contributed by atoms with Crippen molar-refractivity contribution in [2.24, 2.45) is 0 Å². The number of hydrogen-bond donors (Lipinski definition) is 2. The fourth-order valence-electron chi connectivity index (χ4n) is 4.07. The Bertz CT molecular complexity index is 1130.